The lowest BCUT2D eigenvalue weighted by atomic mass is 9.93. The molecule has 1 N–H and O–H groups in total. The normalized spacial score (nSPS) is 30.5. The van der Waals surface area contributed by atoms with E-state index in [2.05, 4.69) is 10.2 Å². The van der Waals surface area contributed by atoms with Gasteiger partial charge in [0.15, 0.2) is 0 Å². The van der Waals surface area contributed by atoms with Gasteiger partial charge in [-0.05, 0) is 45.2 Å². The summed E-state index contributed by atoms with van der Waals surface area (Å²) in [7, 11) is 1.84. The van der Waals surface area contributed by atoms with E-state index in [4.69, 9.17) is 9.47 Å². The molecule has 1 heterocycles. The van der Waals surface area contributed by atoms with Crippen LogP contribution in [0.2, 0.25) is 0 Å². The molecule has 1 saturated carbocycles. The van der Waals surface area contributed by atoms with E-state index in [1.807, 2.05) is 7.11 Å². The molecule has 4 heteroatoms. The van der Waals surface area contributed by atoms with E-state index >= 15 is 0 Å². The van der Waals surface area contributed by atoms with E-state index in [0.717, 1.165) is 32.8 Å². The van der Waals surface area contributed by atoms with Gasteiger partial charge in [-0.25, -0.2) is 0 Å². The quantitative estimate of drug-likeness (QED) is 0.725. The third kappa shape index (κ3) is 4.84. The summed E-state index contributed by atoms with van der Waals surface area (Å²) >= 11 is 0. The first kappa shape index (κ1) is 14.3. The zero-order valence-corrected chi connectivity index (χ0v) is 11.7. The van der Waals surface area contributed by atoms with Crippen LogP contribution in [0, 0.1) is 0 Å². The van der Waals surface area contributed by atoms with E-state index < -0.39 is 0 Å². The van der Waals surface area contributed by atoms with Gasteiger partial charge < -0.3 is 14.8 Å². The number of rotatable bonds is 6. The first-order valence-corrected chi connectivity index (χ1v) is 7.45. The molecule has 2 aliphatic rings. The molecule has 4 nitrogen and oxygen atoms in total. The molecule has 2 atom stereocenters. The number of nitrogens with zero attached hydrogens (tertiary/aromatic N) is 1. The van der Waals surface area contributed by atoms with Crippen LogP contribution in [-0.2, 0) is 9.47 Å². The van der Waals surface area contributed by atoms with E-state index in [9.17, 15) is 0 Å². The Hall–Kier alpha value is -0.160. The monoisotopic (exact) mass is 256 g/mol. The van der Waals surface area contributed by atoms with E-state index in [1.165, 1.54) is 38.6 Å². The van der Waals surface area contributed by atoms with Gasteiger partial charge in [-0.15, -0.1) is 0 Å². The summed E-state index contributed by atoms with van der Waals surface area (Å²) in [6.45, 7) is 6.37. The van der Waals surface area contributed by atoms with Gasteiger partial charge in [-0.3, -0.25) is 4.90 Å². The van der Waals surface area contributed by atoms with Crippen molar-refractivity contribution in [2.45, 2.75) is 44.2 Å². The molecule has 1 aliphatic carbocycles. The van der Waals surface area contributed by atoms with Crippen LogP contribution in [0.15, 0.2) is 0 Å². The van der Waals surface area contributed by atoms with Crippen molar-refractivity contribution in [1.82, 2.24) is 10.2 Å². The first-order valence-electron chi connectivity index (χ1n) is 7.45. The summed E-state index contributed by atoms with van der Waals surface area (Å²) in [5.41, 5.74) is 0. The summed E-state index contributed by atoms with van der Waals surface area (Å²) in [5.74, 6) is 0. The molecule has 0 radical (unpaired) electrons. The highest BCUT2D eigenvalue weighted by molar-refractivity contribution is 4.78. The Morgan fingerprint density at radius 2 is 2.11 bits per heavy atom. The van der Waals surface area contributed by atoms with Crippen LogP contribution in [0.3, 0.4) is 0 Å². The van der Waals surface area contributed by atoms with Crippen LogP contribution in [0.25, 0.3) is 0 Å². The molecular formula is C14H28N2O2. The number of hydrogen-bond acceptors (Lipinski definition) is 4. The summed E-state index contributed by atoms with van der Waals surface area (Å²) < 4.78 is 10.8. The predicted molar refractivity (Wildman–Crippen MR) is 72.9 cm³/mol. The van der Waals surface area contributed by atoms with Crippen LogP contribution in [0.4, 0.5) is 0 Å². The summed E-state index contributed by atoms with van der Waals surface area (Å²) in [6, 6.07) is 0.674. The minimum atomic E-state index is 0.482. The minimum absolute atomic E-state index is 0.482. The molecule has 0 amide bonds. The number of nitrogens with one attached hydrogen (secondary N) is 1. The van der Waals surface area contributed by atoms with E-state index in [-0.39, 0.29) is 0 Å². The second-order valence-corrected chi connectivity index (χ2v) is 5.48. The average molecular weight is 256 g/mol. The van der Waals surface area contributed by atoms with Crippen molar-refractivity contribution >= 4 is 0 Å². The topological polar surface area (TPSA) is 33.7 Å². The largest absolute Gasteiger partial charge is 0.381 e. The molecule has 1 saturated heterocycles. The van der Waals surface area contributed by atoms with Crippen molar-refractivity contribution < 1.29 is 9.47 Å². The second-order valence-electron chi connectivity index (χ2n) is 5.48. The van der Waals surface area contributed by atoms with Gasteiger partial charge in [0, 0.05) is 26.2 Å². The van der Waals surface area contributed by atoms with Gasteiger partial charge in [0.25, 0.3) is 0 Å². The molecule has 18 heavy (non-hydrogen) atoms. The van der Waals surface area contributed by atoms with Crippen molar-refractivity contribution in [2.24, 2.45) is 0 Å². The predicted octanol–water partition coefficient (Wildman–Crippen LogP) is 1.26. The summed E-state index contributed by atoms with van der Waals surface area (Å²) in [5, 5.41) is 3.69. The SMILES string of the molecule is COC1CCCC(NCCCN2CCOCC2)C1. The highest BCUT2D eigenvalue weighted by Gasteiger charge is 2.20. The van der Waals surface area contributed by atoms with Gasteiger partial charge in [0.2, 0.25) is 0 Å². The zero-order chi connectivity index (χ0) is 12.6. The smallest absolute Gasteiger partial charge is 0.0594 e. The van der Waals surface area contributed by atoms with Crippen molar-refractivity contribution in [2.75, 3.05) is 46.5 Å². The van der Waals surface area contributed by atoms with Crippen LogP contribution in [0.1, 0.15) is 32.1 Å². The number of hydrogen-bond donors (Lipinski definition) is 1. The van der Waals surface area contributed by atoms with Gasteiger partial charge in [-0.1, -0.05) is 0 Å². The lowest BCUT2D eigenvalue weighted by Gasteiger charge is -2.30. The molecule has 1 aliphatic heterocycles. The Morgan fingerprint density at radius 1 is 1.28 bits per heavy atom. The molecule has 0 bridgehead atoms. The minimum Gasteiger partial charge on any atom is -0.381 e. The summed E-state index contributed by atoms with van der Waals surface area (Å²) in [6.07, 6.45) is 6.78. The fraction of sp³-hybridized carbons (Fsp3) is 1.00. The Labute approximate surface area is 111 Å². The van der Waals surface area contributed by atoms with E-state index in [0.29, 0.717) is 12.1 Å². The van der Waals surface area contributed by atoms with Crippen molar-refractivity contribution in [3.05, 3.63) is 0 Å². The van der Waals surface area contributed by atoms with E-state index in [1.54, 1.807) is 0 Å². The number of ether oxygens (including phenoxy) is 2. The van der Waals surface area contributed by atoms with Crippen LogP contribution in [-0.4, -0.2) is 63.5 Å². The fourth-order valence-corrected chi connectivity index (χ4v) is 2.98. The van der Waals surface area contributed by atoms with Crippen LogP contribution in [0.5, 0.6) is 0 Å². The van der Waals surface area contributed by atoms with Crippen molar-refractivity contribution in [3.8, 4) is 0 Å². The molecule has 2 fully saturated rings. The number of morpholine rings is 1. The fourth-order valence-electron chi connectivity index (χ4n) is 2.98. The second kappa shape index (κ2) is 8.10. The highest BCUT2D eigenvalue weighted by Crippen LogP contribution is 2.20. The lowest BCUT2D eigenvalue weighted by molar-refractivity contribution is 0.0367. The highest BCUT2D eigenvalue weighted by atomic mass is 16.5. The molecule has 0 aromatic rings. The van der Waals surface area contributed by atoms with Gasteiger partial charge in [0.1, 0.15) is 0 Å². The van der Waals surface area contributed by atoms with Crippen molar-refractivity contribution in [3.63, 3.8) is 0 Å². The molecule has 0 aromatic heterocycles. The van der Waals surface area contributed by atoms with Gasteiger partial charge in [-0.2, -0.15) is 0 Å². The zero-order valence-electron chi connectivity index (χ0n) is 11.7. The van der Waals surface area contributed by atoms with Gasteiger partial charge in [0.05, 0.1) is 19.3 Å². The van der Waals surface area contributed by atoms with Crippen molar-refractivity contribution in [1.29, 1.82) is 0 Å². The maximum atomic E-state index is 5.46. The lowest BCUT2D eigenvalue weighted by Crippen LogP contribution is -2.40. The average Bonchev–Trinajstić information content (AvgIpc) is 2.45. The van der Waals surface area contributed by atoms with Crippen LogP contribution < -0.4 is 5.32 Å². The third-order valence-corrected chi connectivity index (χ3v) is 4.15. The molecule has 2 unspecified atom stereocenters. The molecular weight excluding hydrogens is 228 g/mol. The molecule has 0 spiro atoms. The Kier molecular flexibility index (Phi) is 6.41. The summed E-state index contributed by atoms with van der Waals surface area (Å²) in [4.78, 5) is 2.50. The number of methoxy groups -OCH3 is 1. The standard InChI is InChI=1S/C14H28N2O2/c1-17-14-5-2-4-13(12-14)15-6-3-7-16-8-10-18-11-9-16/h13-15H,2-12H2,1H3. The molecule has 2 rings (SSSR count). The van der Waals surface area contributed by atoms with Gasteiger partial charge >= 0.3 is 0 Å². The molecule has 0 aromatic carbocycles. The Morgan fingerprint density at radius 3 is 2.89 bits per heavy atom. The Bertz CT molecular complexity index is 220. The first-order chi connectivity index (χ1) is 8.88. The molecule has 106 valence electrons. The Balaban J connectivity index is 1.52. The third-order valence-electron chi connectivity index (χ3n) is 4.15. The maximum Gasteiger partial charge on any atom is 0.0594 e. The maximum absolute atomic E-state index is 5.46. The van der Waals surface area contributed by atoms with Crippen LogP contribution >= 0.6 is 0 Å².